The van der Waals surface area contributed by atoms with Crippen LogP contribution in [0.2, 0.25) is 0 Å². The number of benzene rings is 3. The zero-order valence-corrected chi connectivity index (χ0v) is 29.5. The first-order valence-electron chi connectivity index (χ1n) is 16.3. The number of unbranched alkanes of at least 4 members (excludes halogenated alkanes) is 1. The fourth-order valence-electron chi connectivity index (χ4n) is 5.66. The summed E-state index contributed by atoms with van der Waals surface area (Å²) >= 11 is 0. The molecule has 11 heteroatoms. The van der Waals surface area contributed by atoms with E-state index in [0.29, 0.717) is 23.2 Å². The second-order valence-electron chi connectivity index (χ2n) is 11.7. The lowest BCUT2D eigenvalue weighted by atomic mass is 9.80. The molecule has 0 aromatic heterocycles. The maximum atomic E-state index is 13.3. The topological polar surface area (TPSA) is 126 Å². The highest BCUT2D eigenvalue weighted by Crippen LogP contribution is 2.42. The summed E-state index contributed by atoms with van der Waals surface area (Å²) in [6.45, 7) is 1.72. The number of ether oxygens (including phenoxy) is 4. The summed E-state index contributed by atoms with van der Waals surface area (Å²) in [6.07, 6.45) is 3.36. The van der Waals surface area contributed by atoms with Gasteiger partial charge in [-0.1, -0.05) is 82.6 Å². The number of methoxy groups -OCH3 is 2. The van der Waals surface area contributed by atoms with E-state index in [9.17, 15) is 14.4 Å². The van der Waals surface area contributed by atoms with Gasteiger partial charge in [0.05, 0.1) is 33.3 Å². The van der Waals surface area contributed by atoms with Crippen molar-refractivity contribution >= 4 is 39.4 Å². The van der Waals surface area contributed by atoms with E-state index < -0.39 is 29.6 Å². The molecular weight excluding hydrogens is 649 g/mol. The largest absolute Gasteiger partial charge is 0.497 e. The molecule has 1 aliphatic heterocycles. The molecule has 2 amide bonds. The molecule has 3 atom stereocenters. The average Bonchev–Trinajstić information content (AvgIpc) is 3.63. The molecule has 0 aliphatic carbocycles. The van der Waals surface area contributed by atoms with Crippen LogP contribution in [0.25, 0.3) is 0 Å². The van der Waals surface area contributed by atoms with Crippen molar-refractivity contribution in [3.63, 3.8) is 0 Å². The minimum atomic E-state index is -1.13. The number of carbonyl (C=O) groups excluding carboxylic acids is 3. The van der Waals surface area contributed by atoms with E-state index in [1.807, 2.05) is 100 Å². The van der Waals surface area contributed by atoms with Crippen LogP contribution in [0.5, 0.6) is 11.5 Å². The highest BCUT2D eigenvalue weighted by molar-refractivity contribution is 8.77. The Balaban J connectivity index is 1.64. The predicted octanol–water partition coefficient (Wildman–Crippen LogP) is 6.41. The second kappa shape index (κ2) is 18.8. The van der Waals surface area contributed by atoms with Crippen LogP contribution in [0.1, 0.15) is 68.6 Å². The van der Waals surface area contributed by atoms with Crippen molar-refractivity contribution in [3.05, 3.63) is 95.6 Å². The highest BCUT2D eigenvalue weighted by Gasteiger charge is 2.39. The molecule has 0 bridgehead atoms. The summed E-state index contributed by atoms with van der Waals surface area (Å²) in [4.78, 5) is 37.3. The Kier molecular flexibility index (Phi) is 14.5. The SMILES string of the molecule is COc1ccc(C(OCC(NC(=O)CCCCC2CCSS2)C(C)OC(=O)CCC(N)=O)(c2ccccc2)c2ccc(OC)cc2)cc1. The quantitative estimate of drug-likeness (QED) is 0.0634. The zero-order valence-electron chi connectivity index (χ0n) is 27.9. The van der Waals surface area contributed by atoms with Crippen molar-refractivity contribution in [3.8, 4) is 11.5 Å². The van der Waals surface area contributed by atoms with Crippen LogP contribution >= 0.6 is 21.6 Å². The van der Waals surface area contributed by atoms with Crippen molar-refractivity contribution in [2.24, 2.45) is 5.73 Å². The summed E-state index contributed by atoms with van der Waals surface area (Å²) in [5, 5.41) is 3.75. The van der Waals surface area contributed by atoms with Gasteiger partial charge in [-0.25, -0.2) is 0 Å². The normalized spacial score (nSPS) is 15.7. The van der Waals surface area contributed by atoms with E-state index in [0.717, 1.165) is 36.0 Å². The lowest BCUT2D eigenvalue weighted by molar-refractivity contribution is -0.153. The second-order valence-corrected chi connectivity index (χ2v) is 14.5. The van der Waals surface area contributed by atoms with E-state index >= 15 is 0 Å². The summed E-state index contributed by atoms with van der Waals surface area (Å²) in [7, 11) is 7.09. The molecule has 4 rings (SSSR count). The molecule has 1 saturated heterocycles. The van der Waals surface area contributed by atoms with Gasteiger partial charge in [0.2, 0.25) is 11.8 Å². The Bertz CT molecular complexity index is 1400. The third-order valence-electron chi connectivity index (χ3n) is 8.37. The predicted molar refractivity (Wildman–Crippen MR) is 191 cm³/mol. The zero-order chi connectivity index (χ0) is 34.4. The Morgan fingerprint density at radius 2 is 1.46 bits per heavy atom. The number of carbonyl (C=O) groups is 3. The molecule has 3 aromatic rings. The highest BCUT2D eigenvalue weighted by atomic mass is 33.1. The first-order valence-corrected chi connectivity index (χ1v) is 18.7. The maximum Gasteiger partial charge on any atom is 0.306 e. The molecule has 0 spiro atoms. The van der Waals surface area contributed by atoms with E-state index in [2.05, 4.69) is 5.32 Å². The first kappa shape index (κ1) is 37.2. The molecule has 3 N–H and O–H groups in total. The number of amides is 2. The van der Waals surface area contributed by atoms with E-state index in [4.69, 9.17) is 24.7 Å². The lowest BCUT2D eigenvalue weighted by Crippen LogP contribution is -2.49. The Morgan fingerprint density at radius 1 is 0.854 bits per heavy atom. The molecule has 1 fully saturated rings. The van der Waals surface area contributed by atoms with Crippen LogP contribution in [0, 0.1) is 0 Å². The van der Waals surface area contributed by atoms with Gasteiger partial charge in [-0.05, 0) is 67.1 Å². The summed E-state index contributed by atoms with van der Waals surface area (Å²) in [5.41, 5.74) is 6.65. The Labute approximate surface area is 291 Å². The molecule has 3 unspecified atom stereocenters. The number of nitrogens with two attached hydrogens (primary N) is 1. The molecule has 0 saturated carbocycles. The molecule has 258 valence electrons. The molecule has 9 nitrogen and oxygen atoms in total. The van der Waals surface area contributed by atoms with Gasteiger partial charge in [0, 0.05) is 23.8 Å². The van der Waals surface area contributed by atoms with Gasteiger partial charge in [-0.15, -0.1) is 0 Å². The summed E-state index contributed by atoms with van der Waals surface area (Å²) < 4.78 is 23.7. The molecule has 1 aliphatic rings. The van der Waals surface area contributed by atoms with Gasteiger partial charge in [0.15, 0.2) is 0 Å². The standard InChI is InChI=1S/C37H46N2O7S2/c1-26(46-36(42)22-21-34(38)40)33(39-35(41)12-8-7-11-32-23-24-47-48-32)25-45-37(27-9-5-4-6-10-27,28-13-17-30(43-2)18-14-28)29-15-19-31(44-3)20-16-29/h4-6,9-10,13-20,26,32-33H,7-8,11-12,21-25H2,1-3H3,(H2,38,40)(H,39,41). The minimum absolute atomic E-state index is 0.00110. The monoisotopic (exact) mass is 694 g/mol. The van der Waals surface area contributed by atoms with Crippen LogP contribution in [-0.4, -0.2) is 61.8 Å². The molecule has 3 aromatic carbocycles. The van der Waals surface area contributed by atoms with Crippen LogP contribution in [-0.2, 0) is 29.5 Å². The van der Waals surface area contributed by atoms with Crippen molar-refractivity contribution in [2.45, 2.75) is 74.9 Å². The molecular formula is C37H46N2O7S2. The van der Waals surface area contributed by atoms with Gasteiger partial charge < -0.3 is 30.0 Å². The Hall–Kier alpha value is -3.67. The van der Waals surface area contributed by atoms with E-state index in [1.54, 1.807) is 21.1 Å². The van der Waals surface area contributed by atoms with E-state index in [1.165, 1.54) is 12.2 Å². The third kappa shape index (κ3) is 10.4. The van der Waals surface area contributed by atoms with Gasteiger partial charge >= 0.3 is 5.97 Å². The molecule has 48 heavy (non-hydrogen) atoms. The van der Waals surface area contributed by atoms with Crippen molar-refractivity contribution in [2.75, 3.05) is 26.6 Å². The van der Waals surface area contributed by atoms with Gasteiger partial charge in [0.25, 0.3) is 0 Å². The number of hydrogen-bond acceptors (Lipinski definition) is 9. The van der Waals surface area contributed by atoms with Crippen molar-refractivity contribution < 1.29 is 33.3 Å². The maximum absolute atomic E-state index is 13.3. The molecule has 1 heterocycles. The average molecular weight is 695 g/mol. The number of esters is 1. The van der Waals surface area contributed by atoms with Crippen LogP contribution in [0.4, 0.5) is 0 Å². The lowest BCUT2D eigenvalue weighted by Gasteiger charge is -2.38. The fraction of sp³-hybridized carbons (Fsp3) is 0.432. The number of hydrogen-bond donors (Lipinski definition) is 2. The first-order chi connectivity index (χ1) is 23.2. The van der Waals surface area contributed by atoms with Gasteiger partial charge in [-0.3, -0.25) is 14.4 Å². The smallest absolute Gasteiger partial charge is 0.306 e. The number of rotatable bonds is 19. The van der Waals surface area contributed by atoms with Gasteiger partial charge in [-0.2, -0.15) is 0 Å². The van der Waals surface area contributed by atoms with Gasteiger partial charge in [0.1, 0.15) is 23.2 Å². The minimum Gasteiger partial charge on any atom is -0.497 e. The Morgan fingerprint density at radius 3 is 2.00 bits per heavy atom. The third-order valence-corrected chi connectivity index (χ3v) is 11.4. The van der Waals surface area contributed by atoms with Crippen LogP contribution in [0.3, 0.4) is 0 Å². The summed E-state index contributed by atoms with van der Waals surface area (Å²) in [6, 6.07) is 24.5. The van der Waals surface area contributed by atoms with Crippen molar-refractivity contribution in [1.82, 2.24) is 5.32 Å². The molecule has 0 radical (unpaired) electrons. The fourth-order valence-corrected chi connectivity index (χ4v) is 8.69. The number of primary amides is 1. The van der Waals surface area contributed by atoms with Crippen molar-refractivity contribution in [1.29, 1.82) is 0 Å². The summed E-state index contributed by atoms with van der Waals surface area (Å²) in [5.74, 6) is 1.27. The van der Waals surface area contributed by atoms with E-state index in [-0.39, 0.29) is 25.4 Å². The number of nitrogens with one attached hydrogen (secondary N) is 1. The van der Waals surface area contributed by atoms with Crippen LogP contribution < -0.4 is 20.5 Å². The van der Waals surface area contributed by atoms with Crippen LogP contribution in [0.15, 0.2) is 78.9 Å².